The number of hydrogen-bond donors (Lipinski definition) is 1. The van der Waals surface area contributed by atoms with E-state index < -0.39 is 0 Å². The van der Waals surface area contributed by atoms with Crippen LogP contribution in [0.2, 0.25) is 0 Å². The average Bonchev–Trinajstić information content (AvgIpc) is 2.90. The third-order valence-corrected chi connectivity index (χ3v) is 4.48. The summed E-state index contributed by atoms with van der Waals surface area (Å²) in [6, 6.07) is 5.80. The maximum Gasteiger partial charge on any atom is 0.197 e. The fourth-order valence-electron chi connectivity index (χ4n) is 3.24. The molecule has 1 heterocycles. The molecule has 1 fully saturated rings. The summed E-state index contributed by atoms with van der Waals surface area (Å²) < 4.78 is 11.3. The second-order valence-corrected chi connectivity index (χ2v) is 5.68. The molecule has 0 amide bonds. The van der Waals surface area contributed by atoms with Gasteiger partial charge < -0.3 is 14.5 Å². The molecule has 3 rings (SSSR count). The zero-order valence-electron chi connectivity index (χ0n) is 12.2. The first-order valence-electron chi connectivity index (χ1n) is 7.38. The van der Waals surface area contributed by atoms with Crippen molar-refractivity contribution >= 4 is 11.1 Å². The first-order valence-corrected chi connectivity index (χ1v) is 7.38. The molecule has 0 unspecified atom stereocenters. The van der Waals surface area contributed by atoms with Crippen molar-refractivity contribution in [3.05, 3.63) is 24.1 Å². The zero-order valence-corrected chi connectivity index (χ0v) is 12.2. The number of nitrogens with one attached hydrogen (secondary N) is 1. The van der Waals surface area contributed by atoms with Crippen LogP contribution in [0.3, 0.4) is 0 Å². The highest BCUT2D eigenvalue weighted by Gasteiger charge is 2.32. The van der Waals surface area contributed by atoms with Gasteiger partial charge in [0.2, 0.25) is 0 Å². The van der Waals surface area contributed by atoms with Crippen molar-refractivity contribution < 1.29 is 9.15 Å². The van der Waals surface area contributed by atoms with Gasteiger partial charge in [0.15, 0.2) is 17.0 Å². The molecule has 1 N–H and O–H groups in total. The smallest absolute Gasteiger partial charge is 0.197 e. The van der Waals surface area contributed by atoms with Crippen molar-refractivity contribution in [2.45, 2.75) is 44.1 Å². The van der Waals surface area contributed by atoms with Gasteiger partial charge in [-0.2, -0.15) is 0 Å². The van der Waals surface area contributed by atoms with Gasteiger partial charge >= 0.3 is 0 Å². The van der Waals surface area contributed by atoms with Crippen molar-refractivity contribution in [3.63, 3.8) is 0 Å². The van der Waals surface area contributed by atoms with Crippen LogP contribution in [-0.4, -0.2) is 24.7 Å². The Morgan fingerprint density at radius 2 is 2.10 bits per heavy atom. The molecule has 108 valence electrons. The maximum absolute atomic E-state index is 5.91. The molecule has 0 radical (unpaired) electrons. The van der Waals surface area contributed by atoms with Gasteiger partial charge in [-0.3, -0.25) is 0 Å². The summed E-state index contributed by atoms with van der Waals surface area (Å²) >= 11 is 0. The molecule has 2 aromatic rings. The minimum Gasteiger partial charge on any atom is -0.494 e. The molecular weight excluding hydrogens is 252 g/mol. The molecule has 0 spiro atoms. The van der Waals surface area contributed by atoms with Crippen LogP contribution in [0.5, 0.6) is 5.75 Å². The molecule has 1 aliphatic rings. The number of fused-ring (bicyclic) bond motifs is 1. The van der Waals surface area contributed by atoms with E-state index in [0.717, 1.165) is 29.2 Å². The fraction of sp³-hybridized carbons (Fsp3) is 0.562. The Labute approximate surface area is 119 Å². The predicted molar refractivity (Wildman–Crippen MR) is 79.1 cm³/mol. The Hall–Kier alpha value is -1.55. The van der Waals surface area contributed by atoms with Crippen molar-refractivity contribution in [1.29, 1.82) is 0 Å². The van der Waals surface area contributed by atoms with Gasteiger partial charge in [-0.05, 0) is 32.0 Å². The molecule has 1 aromatic heterocycles. The molecular formula is C16H22N2O2. The highest BCUT2D eigenvalue weighted by Crippen LogP contribution is 2.33. The monoisotopic (exact) mass is 274 g/mol. The van der Waals surface area contributed by atoms with E-state index >= 15 is 0 Å². The lowest BCUT2D eigenvalue weighted by Gasteiger charge is -2.36. The SMILES string of the molecule is CNC1(Cc2nc3c(OC)cccc3o2)CCCCC1. The Morgan fingerprint density at radius 3 is 2.80 bits per heavy atom. The predicted octanol–water partition coefficient (Wildman–Crippen LogP) is 3.30. The summed E-state index contributed by atoms with van der Waals surface area (Å²) in [5.74, 6) is 1.58. The number of aromatic nitrogens is 1. The van der Waals surface area contributed by atoms with E-state index in [0.29, 0.717) is 0 Å². The molecule has 0 aliphatic heterocycles. The van der Waals surface area contributed by atoms with E-state index in [1.165, 1.54) is 32.1 Å². The number of oxazole rings is 1. The Bertz CT molecular complexity index is 585. The van der Waals surface area contributed by atoms with Crippen LogP contribution < -0.4 is 10.1 Å². The molecule has 0 atom stereocenters. The van der Waals surface area contributed by atoms with Crippen molar-refractivity contribution in [2.24, 2.45) is 0 Å². The van der Waals surface area contributed by atoms with Crippen LogP contribution in [0.25, 0.3) is 11.1 Å². The molecule has 1 saturated carbocycles. The summed E-state index contributed by atoms with van der Waals surface area (Å²) in [4.78, 5) is 4.64. The summed E-state index contributed by atoms with van der Waals surface area (Å²) in [5, 5.41) is 3.51. The molecule has 20 heavy (non-hydrogen) atoms. The summed E-state index contributed by atoms with van der Waals surface area (Å²) in [6.45, 7) is 0. The second-order valence-electron chi connectivity index (χ2n) is 5.68. The fourth-order valence-corrected chi connectivity index (χ4v) is 3.24. The van der Waals surface area contributed by atoms with Gasteiger partial charge in [0.05, 0.1) is 7.11 Å². The Morgan fingerprint density at radius 1 is 1.30 bits per heavy atom. The zero-order chi connectivity index (χ0) is 14.0. The van der Waals surface area contributed by atoms with Crippen molar-refractivity contribution in [3.8, 4) is 5.75 Å². The van der Waals surface area contributed by atoms with Crippen LogP contribution in [0.15, 0.2) is 22.6 Å². The lowest BCUT2D eigenvalue weighted by molar-refractivity contribution is 0.230. The topological polar surface area (TPSA) is 47.3 Å². The van der Waals surface area contributed by atoms with Crippen LogP contribution in [0, 0.1) is 0 Å². The van der Waals surface area contributed by atoms with Gasteiger partial charge in [-0.1, -0.05) is 25.3 Å². The van der Waals surface area contributed by atoms with Crippen molar-refractivity contribution in [1.82, 2.24) is 10.3 Å². The van der Waals surface area contributed by atoms with E-state index in [9.17, 15) is 0 Å². The van der Waals surface area contributed by atoms with Crippen LogP contribution >= 0.6 is 0 Å². The molecule has 4 heteroatoms. The standard InChI is InChI=1S/C16H22N2O2/c1-17-16(9-4-3-5-10-16)11-14-18-15-12(19-2)7-6-8-13(15)20-14/h6-8,17H,3-5,9-11H2,1-2H3. The van der Waals surface area contributed by atoms with E-state index in [-0.39, 0.29) is 5.54 Å². The Balaban J connectivity index is 1.90. The van der Waals surface area contributed by atoms with E-state index in [2.05, 4.69) is 17.3 Å². The van der Waals surface area contributed by atoms with Gasteiger partial charge in [0.25, 0.3) is 0 Å². The van der Waals surface area contributed by atoms with Gasteiger partial charge in [-0.15, -0.1) is 0 Å². The number of benzene rings is 1. The number of para-hydroxylation sites is 1. The normalized spacial score (nSPS) is 18.3. The lowest BCUT2D eigenvalue weighted by Crippen LogP contribution is -2.46. The van der Waals surface area contributed by atoms with E-state index in [4.69, 9.17) is 9.15 Å². The number of ether oxygens (including phenoxy) is 1. The third kappa shape index (κ3) is 2.40. The number of likely N-dealkylation sites (N-methyl/N-ethyl adjacent to an activating group) is 1. The third-order valence-electron chi connectivity index (χ3n) is 4.48. The number of nitrogens with zero attached hydrogens (tertiary/aromatic N) is 1. The lowest BCUT2D eigenvalue weighted by atomic mass is 9.79. The average molecular weight is 274 g/mol. The quantitative estimate of drug-likeness (QED) is 0.929. The number of hydrogen-bond acceptors (Lipinski definition) is 4. The molecule has 0 saturated heterocycles. The molecule has 0 bridgehead atoms. The van der Waals surface area contributed by atoms with Gasteiger partial charge in [0.1, 0.15) is 5.75 Å². The molecule has 4 nitrogen and oxygen atoms in total. The van der Waals surface area contributed by atoms with Gasteiger partial charge in [-0.25, -0.2) is 4.98 Å². The number of methoxy groups -OCH3 is 1. The molecule has 1 aromatic carbocycles. The number of rotatable bonds is 4. The first kappa shape index (κ1) is 13.4. The van der Waals surface area contributed by atoms with Crippen molar-refractivity contribution in [2.75, 3.05) is 14.2 Å². The first-order chi connectivity index (χ1) is 9.76. The summed E-state index contributed by atoms with van der Waals surface area (Å²) in [7, 11) is 3.72. The second kappa shape index (κ2) is 5.44. The van der Waals surface area contributed by atoms with E-state index in [1.807, 2.05) is 18.2 Å². The molecule has 1 aliphatic carbocycles. The highest BCUT2D eigenvalue weighted by atomic mass is 16.5. The Kier molecular flexibility index (Phi) is 3.66. The van der Waals surface area contributed by atoms with Crippen LogP contribution in [0.4, 0.5) is 0 Å². The minimum atomic E-state index is 0.145. The minimum absolute atomic E-state index is 0.145. The largest absolute Gasteiger partial charge is 0.494 e. The summed E-state index contributed by atoms with van der Waals surface area (Å²) in [6.07, 6.45) is 7.14. The highest BCUT2D eigenvalue weighted by molar-refractivity contribution is 5.79. The summed E-state index contributed by atoms with van der Waals surface area (Å²) in [5.41, 5.74) is 1.78. The van der Waals surface area contributed by atoms with Crippen LogP contribution in [-0.2, 0) is 6.42 Å². The van der Waals surface area contributed by atoms with Gasteiger partial charge in [0, 0.05) is 12.0 Å². The maximum atomic E-state index is 5.91. The van der Waals surface area contributed by atoms with Crippen LogP contribution in [0.1, 0.15) is 38.0 Å². The van der Waals surface area contributed by atoms with E-state index in [1.54, 1.807) is 7.11 Å².